The molecule has 3 aromatic rings. The summed E-state index contributed by atoms with van der Waals surface area (Å²) in [6.45, 7) is 1.57. The zero-order valence-corrected chi connectivity index (χ0v) is 16.9. The minimum Gasteiger partial charge on any atom is -0.472 e. The van der Waals surface area contributed by atoms with Crippen LogP contribution in [0, 0.1) is 18.6 Å². The summed E-state index contributed by atoms with van der Waals surface area (Å²) >= 11 is 3.17. The van der Waals surface area contributed by atoms with Crippen molar-refractivity contribution in [2.24, 2.45) is 5.73 Å². The van der Waals surface area contributed by atoms with Gasteiger partial charge in [0.1, 0.15) is 28.5 Å². The molecule has 29 heavy (non-hydrogen) atoms. The van der Waals surface area contributed by atoms with Gasteiger partial charge >= 0.3 is 0 Å². The number of rotatable bonds is 6. The maximum atomic E-state index is 13.8. The number of benzene rings is 2. The number of nitrogens with two attached hydrogens (primary N) is 1. The molecule has 1 heterocycles. The Morgan fingerprint density at radius 1 is 1.24 bits per heavy atom. The van der Waals surface area contributed by atoms with Gasteiger partial charge in [0.25, 0.3) is 5.56 Å². The second-order valence-electron chi connectivity index (χ2n) is 6.26. The van der Waals surface area contributed by atoms with E-state index < -0.39 is 23.1 Å². The maximum absolute atomic E-state index is 13.8. The van der Waals surface area contributed by atoms with Crippen molar-refractivity contribution in [3.63, 3.8) is 0 Å². The molecule has 0 aliphatic carbocycles. The van der Waals surface area contributed by atoms with Gasteiger partial charge in [0.05, 0.1) is 6.54 Å². The lowest BCUT2D eigenvalue weighted by Gasteiger charge is -2.14. The molecule has 1 amide bonds. The molecule has 2 aromatic carbocycles. The fraction of sp³-hybridized carbons (Fsp3) is 0.150. The number of aryl methyl sites for hydroxylation is 1. The van der Waals surface area contributed by atoms with Gasteiger partial charge in [-0.1, -0.05) is 12.1 Å². The molecule has 1 aromatic heterocycles. The standard InChI is InChI=1S/C20H16BrF2N3O3/c1-11-25-19(29-10-14-5-6-15(22)8-16(14)23)17(21)20(28)26(11)9-12-3-2-4-13(7-12)18(24)27/h2-8H,9-10H2,1H3,(H2,24,27). The molecule has 0 spiro atoms. The predicted molar refractivity (Wildman–Crippen MR) is 106 cm³/mol. The van der Waals surface area contributed by atoms with Crippen LogP contribution in [0.2, 0.25) is 0 Å². The van der Waals surface area contributed by atoms with Crippen molar-refractivity contribution < 1.29 is 18.3 Å². The van der Waals surface area contributed by atoms with E-state index in [0.29, 0.717) is 17.0 Å². The molecule has 0 atom stereocenters. The van der Waals surface area contributed by atoms with Gasteiger partial charge in [0.15, 0.2) is 0 Å². The van der Waals surface area contributed by atoms with Crippen LogP contribution in [0.1, 0.15) is 27.3 Å². The van der Waals surface area contributed by atoms with Gasteiger partial charge in [-0.3, -0.25) is 14.2 Å². The zero-order valence-electron chi connectivity index (χ0n) is 15.3. The summed E-state index contributed by atoms with van der Waals surface area (Å²) in [6.07, 6.45) is 0. The quantitative estimate of drug-likeness (QED) is 0.607. The number of ether oxygens (including phenoxy) is 1. The van der Waals surface area contributed by atoms with E-state index in [-0.39, 0.29) is 29.1 Å². The monoisotopic (exact) mass is 463 g/mol. The molecule has 0 saturated heterocycles. The number of aromatic nitrogens is 2. The van der Waals surface area contributed by atoms with E-state index in [1.165, 1.54) is 10.6 Å². The Morgan fingerprint density at radius 2 is 2.00 bits per heavy atom. The molecule has 0 saturated carbocycles. The molecule has 9 heteroatoms. The van der Waals surface area contributed by atoms with Crippen LogP contribution in [0.15, 0.2) is 51.7 Å². The molecular weight excluding hydrogens is 448 g/mol. The first-order chi connectivity index (χ1) is 13.8. The third-order valence-corrected chi connectivity index (χ3v) is 4.88. The Labute approximate surface area is 173 Å². The molecule has 2 N–H and O–H groups in total. The highest BCUT2D eigenvalue weighted by atomic mass is 79.9. The van der Waals surface area contributed by atoms with Crippen molar-refractivity contribution >= 4 is 21.8 Å². The van der Waals surface area contributed by atoms with Crippen LogP contribution in [0.4, 0.5) is 8.78 Å². The Balaban J connectivity index is 1.85. The first-order valence-corrected chi connectivity index (χ1v) is 9.28. The van der Waals surface area contributed by atoms with Crippen LogP contribution in [-0.2, 0) is 13.2 Å². The van der Waals surface area contributed by atoms with Crippen LogP contribution in [0.25, 0.3) is 0 Å². The lowest BCUT2D eigenvalue weighted by Crippen LogP contribution is -2.26. The molecule has 3 rings (SSSR count). The Bertz CT molecular complexity index is 1150. The van der Waals surface area contributed by atoms with Gasteiger partial charge < -0.3 is 10.5 Å². The molecule has 0 aliphatic heterocycles. The SMILES string of the molecule is Cc1nc(OCc2ccc(F)cc2F)c(Br)c(=O)n1Cc1cccc(C(N)=O)c1. The fourth-order valence-corrected chi connectivity index (χ4v) is 3.10. The van der Waals surface area contributed by atoms with E-state index >= 15 is 0 Å². The summed E-state index contributed by atoms with van der Waals surface area (Å²) in [6, 6.07) is 9.75. The summed E-state index contributed by atoms with van der Waals surface area (Å²) in [7, 11) is 0. The van der Waals surface area contributed by atoms with Gasteiger partial charge in [-0.05, 0) is 52.7 Å². The zero-order chi connectivity index (χ0) is 21.1. The second-order valence-corrected chi connectivity index (χ2v) is 7.05. The summed E-state index contributed by atoms with van der Waals surface area (Å²) in [5.74, 6) is -1.65. The number of hydrogen-bond acceptors (Lipinski definition) is 4. The molecule has 0 radical (unpaired) electrons. The average molecular weight is 464 g/mol. The van der Waals surface area contributed by atoms with E-state index in [2.05, 4.69) is 20.9 Å². The summed E-state index contributed by atoms with van der Waals surface area (Å²) in [4.78, 5) is 28.3. The van der Waals surface area contributed by atoms with E-state index in [1.807, 2.05) is 0 Å². The van der Waals surface area contributed by atoms with E-state index in [9.17, 15) is 18.4 Å². The number of carbonyl (C=O) groups excluding carboxylic acids is 1. The topological polar surface area (TPSA) is 87.2 Å². The van der Waals surface area contributed by atoms with Gasteiger partial charge in [0.2, 0.25) is 11.8 Å². The number of primary amides is 1. The molecule has 0 bridgehead atoms. The third kappa shape index (κ3) is 4.68. The third-order valence-electron chi connectivity index (χ3n) is 4.21. The van der Waals surface area contributed by atoms with E-state index in [0.717, 1.165) is 12.1 Å². The molecular formula is C20H16BrF2N3O3. The number of nitrogens with zero attached hydrogens (tertiary/aromatic N) is 2. The number of halogens is 3. The minimum absolute atomic E-state index is 0.00152. The lowest BCUT2D eigenvalue weighted by atomic mass is 10.1. The van der Waals surface area contributed by atoms with E-state index in [1.54, 1.807) is 31.2 Å². The predicted octanol–water partition coefficient (Wildman–Crippen LogP) is 3.32. The van der Waals surface area contributed by atoms with Crippen LogP contribution < -0.4 is 16.0 Å². The summed E-state index contributed by atoms with van der Waals surface area (Å²) in [5.41, 5.74) is 6.04. The number of hydrogen-bond donors (Lipinski definition) is 1. The number of carbonyl (C=O) groups is 1. The number of amides is 1. The average Bonchev–Trinajstić information content (AvgIpc) is 2.68. The van der Waals surface area contributed by atoms with Crippen molar-refractivity contribution in [3.8, 4) is 5.88 Å². The molecule has 0 unspecified atom stereocenters. The molecule has 0 fully saturated rings. The Morgan fingerprint density at radius 3 is 2.69 bits per heavy atom. The van der Waals surface area contributed by atoms with Gasteiger partial charge in [-0.15, -0.1) is 0 Å². The fourth-order valence-electron chi connectivity index (χ4n) is 2.69. The van der Waals surface area contributed by atoms with Crippen molar-refractivity contribution in [1.29, 1.82) is 0 Å². The molecule has 6 nitrogen and oxygen atoms in total. The van der Waals surface area contributed by atoms with Crippen LogP contribution in [0.3, 0.4) is 0 Å². The second kappa shape index (κ2) is 8.52. The highest BCUT2D eigenvalue weighted by Gasteiger charge is 2.15. The highest BCUT2D eigenvalue weighted by molar-refractivity contribution is 9.10. The maximum Gasteiger partial charge on any atom is 0.272 e. The van der Waals surface area contributed by atoms with Gasteiger partial charge in [-0.25, -0.2) is 8.78 Å². The first kappa shape index (κ1) is 20.7. The first-order valence-electron chi connectivity index (χ1n) is 8.48. The van der Waals surface area contributed by atoms with Crippen molar-refractivity contribution in [2.45, 2.75) is 20.1 Å². The van der Waals surface area contributed by atoms with Crippen molar-refractivity contribution in [1.82, 2.24) is 9.55 Å². The normalized spacial score (nSPS) is 10.8. The van der Waals surface area contributed by atoms with Crippen LogP contribution in [0.5, 0.6) is 5.88 Å². The summed E-state index contributed by atoms with van der Waals surface area (Å²) < 4.78 is 33.7. The molecule has 0 aliphatic rings. The smallest absolute Gasteiger partial charge is 0.272 e. The Kier molecular flexibility index (Phi) is 6.07. The highest BCUT2D eigenvalue weighted by Crippen LogP contribution is 2.21. The van der Waals surface area contributed by atoms with Crippen LogP contribution in [-0.4, -0.2) is 15.5 Å². The largest absolute Gasteiger partial charge is 0.472 e. The van der Waals surface area contributed by atoms with E-state index in [4.69, 9.17) is 10.5 Å². The van der Waals surface area contributed by atoms with Crippen molar-refractivity contribution in [2.75, 3.05) is 0 Å². The lowest BCUT2D eigenvalue weighted by molar-refractivity contribution is 0.1000. The molecule has 150 valence electrons. The Hall–Kier alpha value is -3.07. The van der Waals surface area contributed by atoms with Crippen LogP contribution >= 0.6 is 15.9 Å². The van der Waals surface area contributed by atoms with Gasteiger partial charge in [-0.2, -0.15) is 4.98 Å². The summed E-state index contributed by atoms with van der Waals surface area (Å²) in [5, 5.41) is 0. The van der Waals surface area contributed by atoms with Gasteiger partial charge in [0, 0.05) is 17.2 Å². The minimum atomic E-state index is -0.750. The van der Waals surface area contributed by atoms with Crippen molar-refractivity contribution in [3.05, 3.63) is 91.4 Å².